The van der Waals surface area contributed by atoms with E-state index in [1.54, 1.807) is 26.1 Å². The fourth-order valence-electron chi connectivity index (χ4n) is 2.06. The van der Waals surface area contributed by atoms with Crippen molar-refractivity contribution in [2.24, 2.45) is 5.73 Å². The number of nitrogens with two attached hydrogens (primary N) is 1. The number of carbonyl (C=O) groups excluding carboxylic acids is 1. The van der Waals surface area contributed by atoms with Crippen molar-refractivity contribution in [1.82, 2.24) is 14.5 Å². The molecule has 0 spiro atoms. The Morgan fingerprint density at radius 3 is 2.77 bits per heavy atom. The largest absolute Gasteiger partial charge is 0.458 e. The van der Waals surface area contributed by atoms with Gasteiger partial charge in [0.15, 0.2) is 5.76 Å². The van der Waals surface area contributed by atoms with Gasteiger partial charge in [0.25, 0.3) is 0 Å². The topological polar surface area (TPSA) is 122 Å². The van der Waals surface area contributed by atoms with Gasteiger partial charge in [-0.1, -0.05) is 0 Å². The van der Waals surface area contributed by atoms with E-state index in [9.17, 15) is 13.2 Å². The Hall–Kier alpha value is -2.13. The predicted octanol–water partition coefficient (Wildman–Crippen LogP) is 0.863. The van der Waals surface area contributed by atoms with Crippen molar-refractivity contribution in [1.29, 1.82) is 0 Å². The lowest BCUT2D eigenvalue weighted by molar-refractivity contribution is -0.118. The number of rotatable bonds is 6. The third-order valence-corrected chi connectivity index (χ3v) is 5.49. The second kappa shape index (κ2) is 5.93. The Morgan fingerprint density at radius 2 is 2.23 bits per heavy atom. The lowest BCUT2D eigenvalue weighted by atomic mass is 10.2. The summed E-state index contributed by atoms with van der Waals surface area (Å²) in [5.74, 6) is 0.0869. The molecular formula is C13H18N4O4S. The van der Waals surface area contributed by atoms with Crippen LogP contribution in [-0.2, 0) is 14.8 Å². The number of hydrogen-bond acceptors (Lipinski definition) is 5. The zero-order chi connectivity index (χ0) is 16.5. The first kappa shape index (κ1) is 16.2. The minimum absolute atomic E-state index is 0.0518. The highest BCUT2D eigenvalue weighted by molar-refractivity contribution is 7.89. The fraction of sp³-hybridized carbons (Fsp3) is 0.385. The second-order valence-corrected chi connectivity index (χ2v) is 7.01. The molecule has 2 rings (SSSR count). The van der Waals surface area contributed by atoms with Crippen LogP contribution in [0, 0.1) is 6.92 Å². The Labute approximate surface area is 128 Å². The zero-order valence-corrected chi connectivity index (χ0v) is 13.3. The normalized spacial score (nSPS) is 13.5. The molecule has 0 aromatic carbocycles. The standard InChI is InChI=1S/C13H18N4O4S/c1-8(6-13(14)18)17(3)22(19,20)12-7-11(21-9(12)2)10-4-5-15-16-10/h4-5,7-8H,6H2,1-3H3,(H2,14,18)(H,15,16). The average Bonchev–Trinajstić information content (AvgIpc) is 3.05. The molecule has 1 unspecified atom stereocenters. The van der Waals surface area contributed by atoms with Gasteiger partial charge in [0.05, 0.1) is 0 Å². The van der Waals surface area contributed by atoms with E-state index in [2.05, 4.69) is 10.2 Å². The molecule has 0 aliphatic rings. The highest BCUT2D eigenvalue weighted by atomic mass is 32.2. The van der Waals surface area contributed by atoms with E-state index in [4.69, 9.17) is 10.2 Å². The minimum Gasteiger partial charge on any atom is -0.458 e. The maximum absolute atomic E-state index is 12.6. The SMILES string of the molecule is Cc1oc(-c2ccn[nH]2)cc1S(=O)(=O)N(C)C(C)CC(N)=O. The monoisotopic (exact) mass is 326 g/mol. The van der Waals surface area contributed by atoms with Gasteiger partial charge in [-0.2, -0.15) is 9.40 Å². The zero-order valence-electron chi connectivity index (χ0n) is 12.5. The molecule has 0 bridgehead atoms. The number of nitrogens with one attached hydrogen (secondary N) is 1. The molecule has 0 radical (unpaired) electrons. The maximum atomic E-state index is 12.6. The van der Waals surface area contributed by atoms with Gasteiger partial charge < -0.3 is 10.2 Å². The molecular weight excluding hydrogens is 308 g/mol. The minimum atomic E-state index is -3.79. The molecule has 9 heteroatoms. The Balaban J connectivity index is 2.35. The van der Waals surface area contributed by atoms with Crippen molar-refractivity contribution < 1.29 is 17.6 Å². The van der Waals surface area contributed by atoms with Gasteiger partial charge in [-0.05, 0) is 19.9 Å². The van der Waals surface area contributed by atoms with E-state index in [-0.39, 0.29) is 17.1 Å². The molecule has 0 saturated carbocycles. The molecule has 0 saturated heterocycles. The van der Waals surface area contributed by atoms with E-state index in [0.717, 1.165) is 4.31 Å². The van der Waals surface area contributed by atoms with Gasteiger partial charge in [0, 0.05) is 31.8 Å². The quantitative estimate of drug-likeness (QED) is 0.815. The van der Waals surface area contributed by atoms with Crippen LogP contribution < -0.4 is 5.73 Å². The van der Waals surface area contributed by atoms with Crippen molar-refractivity contribution in [3.63, 3.8) is 0 Å². The molecule has 1 amide bonds. The summed E-state index contributed by atoms with van der Waals surface area (Å²) in [5.41, 5.74) is 5.70. The maximum Gasteiger partial charge on any atom is 0.246 e. The molecule has 3 N–H and O–H groups in total. The molecule has 2 heterocycles. The van der Waals surface area contributed by atoms with Crippen LogP contribution in [-0.4, -0.2) is 41.9 Å². The summed E-state index contributed by atoms with van der Waals surface area (Å²) >= 11 is 0. The summed E-state index contributed by atoms with van der Waals surface area (Å²) in [6.07, 6.45) is 1.49. The molecule has 1 atom stereocenters. The molecule has 0 fully saturated rings. The number of primary amides is 1. The smallest absolute Gasteiger partial charge is 0.246 e. The number of aromatic nitrogens is 2. The molecule has 22 heavy (non-hydrogen) atoms. The van der Waals surface area contributed by atoms with Crippen LogP contribution in [0.2, 0.25) is 0 Å². The van der Waals surface area contributed by atoms with Gasteiger partial charge in [-0.25, -0.2) is 8.42 Å². The third kappa shape index (κ3) is 3.04. The Bertz CT molecular complexity index is 764. The molecule has 2 aromatic heterocycles. The molecule has 120 valence electrons. The van der Waals surface area contributed by atoms with Crippen LogP contribution in [0.3, 0.4) is 0 Å². The number of carbonyl (C=O) groups is 1. The van der Waals surface area contributed by atoms with Crippen LogP contribution in [0.1, 0.15) is 19.1 Å². The second-order valence-electron chi connectivity index (χ2n) is 5.04. The van der Waals surface area contributed by atoms with Gasteiger partial charge in [0.2, 0.25) is 15.9 Å². The van der Waals surface area contributed by atoms with Crippen molar-refractivity contribution in [3.05, 3.63) is 24.1 Å². The summed E-state index contributed by atoms with van der Waals surface area (Å²) in [6, 6.07) is 2.56. The number of sulfonamides is 1. The van der Waals surface area contributed by atoms with E-state index >= 15 is 0 Å². The first-order chi connectivity index (χ1) is 10.2. The Morgan fingerprint density at radius 1 is 1.55 bits per heavy atom. The molecule has 2 aromatic rings. The van der Waals surface area contributed by atoms with E-state index < -0.39 is 22.0 Å². The highest BCUT2D eigenvalue weighted by Crippen LogP contribution is 2.29. The number of amides is 1. The van der Waals surface area contributed by atoms with Crippen molar-refractivity contribution in [2.45, 2.75) is 31.2 Å². The summed E-state index contributed by atoms with van der Waals surface area (Å²) in [4.78, 5) is 11.0. The van der Waals surface area contributed by atoms with Gasteiger partial charge >= 0.3 is 0 Å². The predicted molar refractivity (Wildman–Crippen MR) is 79.2 cm³/mol. The third-order valence-electron chi connectivity index (χ3n) is 3.41. The summed E-state index contributed by atoms with van der Waals surface area (Å²) in [5, 5.41) is 6.51. The van der Waals surface area contributed by atoms with Crippen molar-refractivity contribution >= 4 is 15.9 Å². The lowest BCUT2D eigenvalue weighted by Gasteiger charge is -2.22. The van der Waals surface area contributed by atoms with E-state index in [1.165, 1.54) is 13.1 Å². The number of hydrogen-bond donors (Lipinski definition) is 2. The van der Waals surface area contributed by atoms with Crippen LogP contribution in [0.15, 0.2) is 27.6 Å². The molecule has 8 nitrogen and oxygen atoms in total. The number of H-pyrrole nitrogens is 1. The van der Waals surface area contributed by atoms with Crippen molar-refractivity contribution in [3.8, 4) is 11.5 Å². The average molecular weight is 326 g/mol. The number of furan rings is 1. The fourth-order valence-corrected chi connectivity index (χ4v) is 3.58. The lowest BCUT2D eigenvalue weighted by Crippen LogP contribution is -2.37. The van der Waals surface area contributed by atoms with E-state index in [0.29, 0.717) is 11.5 Å². The van der Waals surface area contributed by atoms with Crippen molar-refractivity contribution in [2.75, 3.05) is 7.05 Å². The summed E-state index contributed by atoms with van der Waals surface area (Å²) in [6.45, 7) is 3.19. The van der Waals surface area contributed by atoms with Crippen LogP contribution in [0.5, 0.6) is 0 Å². The first-order valence-corrected chi connectivity index (χ1v) is 8.04. The van der Waals surface area contributed by atoms with Gasteiger partial charge in [-0.15, -0.1) is 0 Å². The summed E-state index contributed by atoms with van der Waals surface area (Å²) < 4.78 is 31.9. The van der Waals surface area contributed by atoms with Gasteiger partial charge in [-0.3, -0.25) is 9.89 Å². The molecule has 0 aliphatic heterocycles. The van der Waals surface area contributed by atoms with Crippen LogP contribution in [0.25, 0.3) is 11.5 Å². The van der Waals surface area contributed by atoms with E-state index in [1.807, 2.05) is 0 Å². The highest BCUT2D eigenvalue weighted by Gasteiger charge is 2.30. The number of aromatic amines is 1. The van der Waals surface area contributed by atoms with Crippen LogP contribution in [0.4, 0.5) is 0 Å². The molecule has 0 aliphatic carbocycles. The van der Waals surface area contributed by atoms with Gasteiger partial charge in [0.1, 0.15) is 16.3 Å². The van der Waals surface area contributed by atoms with Crippen LogP contribution >= 0.6 is 0 Å². The summed E-state index contributed by atoms with van der Waals surface area (Å²) in [7, 11) is -2.38. The number of nitrogens with zero attached hydrogens (tertiary/aromatic N) is 2. The number of aryl methyl sites for hydroxylation is 1. The first-order valence-electron chi connectivity index (χ1n) is 6.60. The Kier molecular flexibility index (Phi) is 4.38.